The van der Waals surface area contributed by atoms with Crippen molar-refractivity contribution in [2.45, 2.75) is 136 Å². The predicted molar refractivity (Wildman–Crippen MR) is 179 cm³/mol. The Morgan fingerprint density at radius 1 is 0.440 bits per heavy atom. The molecule has 0 saturated heterocycles. The van der Waals surface area contributed by atoms with Crippen LogP contribution in [-0.4, -0.2) is 125 Å². The second-order valence-corrected chi connectivity index (χ2v) is 12.2. The van der Waals surface area contributed by atoms with Gasteiger partial charge in [-0.3, -0.25) is 43.7 Å². The molecular weight excluding hydrogens is 660 g/mol. The van der Waals surface area contributed by atoms with E-state index in [0.717, 1.165) is 0 Å². The average molecular weight is 715 g/mol. The van der Waals surface area contributed by atoms with Crippen molar-refractivity contribution in [3.63, 3.8) is 0 Å². The summed E-state index contributed by atoms with van der Waals surface area (Å²) in [5, 5.41) is 32.2. The monoisotopic (exact) mass is 714 g/mol. The van der Waals surface area contributed by atoms with Crippen LogP contribution in [-0.2, 0) is 43.2 Å². The number of hydrogen-bond donors (Lipinski definition) is 11. The first-order valence-electron chi connectivity index (χ1n) is 16.1. The Labute approximate surface area is 291 Å². The highest BCUT2D eigenvalue weighted by molar-refractivity contribution is 5.96. The van der Waals surface area contributed by atoms with Gasteiger partial charge in [0.1, 0.15) is 48.8 Å². The molecule has 0 radical (unpaired) electrons. The van der Waals surface area contributed by atoms with Crippen molar-refractivity contribution in [3.8, 4) is 0 Å². The molecule has 0 aromatic heterocycles. The van der Waals surface area contributed by atoms with Crippen molar-refractivity contribution in [2.24, 2.45) is 5.73 Å². The molecular formula is C30H54N10O10. The van der Waals surface area contributed by atoms with Gasteiger partial charge in [-0.2, -0.15) is 0 Å². The van der Waals surface area contributed by atoms with E-state index in [-0.39, 0.29) is 0 Å². The molecule has 0 aliphatic heterocycles. The van der Waals surface area contributed by atoms with E-state index in [9.17, 15) is 48.3 Å². The SMILES string of the molecule is C[C@H](N)C(=O)N[C@@H](C)C(O)N[C@@H](C)C(=O)N[C@@H](C)C(=O)N[C@@H](C)C(=O)N[C@@H](C)C(=O)N[C@@H](C)C(=O)N[C@@H](C)C(=O)N[C@@H](C)C(=O)N[C@@H](C)C=O. The largest absolute Gasteiger partial charge is 0.376 e. The van der Waals surface area contributed by atoms with E-state index in [1.165, 1.54) is 69.2 Å². The molecule has 20 nitrogen and oxygen atoms in total. The Morgan fingerprint density at radius 3 is 0.960 bits per heavy atom. The summed E-state index contributed by atoms with van der Waals surface area (Å²) >= 11 is 0. The third-order valence-corrected chi connectivity index (χ3v) is 7.16. The van der Waals surface area contributed by atoms with Gasteiger partial charge < -0.3 is 58.2 Å². The number of carbonyl (C=O) groups excluding carboxylic acids is 9. The number of rotatable bonds is 20. The molecule has 0 rings (SSSR count). The Hall–Kier alpha value is -4.69. The van der Waals surface area contributed by atoms with Crippen molar-refractivity contribution in [1.82, 2.24) is 47.9 Å². The summed E-state index contributed by atoms with van der Waals surface area (Å²) in [7, 11) is 0. The summed E-state index contributed by atoms with van der Waals surface area (Å²) in [5.74, 6) is -5.40. The fraction of sp³-hybridized carbons (Fsp3) is 0.700. The zero-order valence-electron chi connectivity index (χ0n) is 30.1. The molecule has 8 amide bonds. The number of nitrogens with one attached hydrogen (secondary N) is 9. The smallest absolute Gasteiger partial charge is 0.242 e. The molecule has 0 spiro atoms. The molecule has 20 heteroatoms. The van der Waals surface area contributed by atoms with Gasteiger partial charge >= 0.3 is 0 Å². The van der Waals surface area contributed by atoms with Gasteiger partial charge in [-0.05, 0) is 69.2 Å². The van der Waals surface area contributed by atoms with Crippen LogP contribution in [0, 0.1) is 0 Å². The van der Waals surface area contributed by atoms with E-state index in [4.69, 9.17) is 5.73 Å². The second kappa shape index (κ2) is 21.4. The Bertz CT molecular complexity index is 1250. The van der Waals surface area contributed by atoms with E-state index >= 15 is 0 Å². The number of hydrogen-bond acceptors (Lipinski definition) is 12. The van der Waals surface area contributed by atoms with Crippen LogP contribution in [0.3, 0.4) is 0 Å². The van der Waals surface area contributed by atoms with E-state index < -0.39 is 114 Å². The maximum atomic E-state index is 12.7. The van der Waals surface area contributed by atoms with Gasteiger partial charge in [-0.25, -0.2) is 0 Å². The highest BCUT2D eigenvalue weighted by atomic mass is 16.3. The number of nitrogens with two attached hydrogens (primary N) is 1. The molecule has 284 valence electrons. The molecule has 0 fully saturated rings. The van der Waals surface area contributed by atoms with Gasteiger partial charge in [0, 0.05) is 0 Å². The fourth-order valence-corrected chi connectivity index (χ4v) is 3.72. The Kier molecular flexibility index (Phi) is 19.4. The van der Waals surface area contributed by atoms with Crippen molar-refractivity contribution < 1.29 is 48.3 Å². The van der Waals surface area contributed by atoms with Crippen LogP contribution in [0.15, 0.2) is 0 Å². The van der Waals surface area contributed by atoms with Gasteiger partial charge in [-0.1, -0.05) is 0 Å². The molecule has 0 aromatic rings. The maximum absolute atomic E-state index is 12.7. The van der Waals surface area contributed by atoms with Crippen molar-refractivity contribution in [1.29, 1.82) is 0 Å². The molecule has 0 bridgehead atoms. The maximum Gasteiger partial charge on any atom is 0.242 e. The lowest BCUT2D eigenvalue weighted by Gasteiger charge is -2.26. The first-order chi connectivity index (χ1) is 23.0. The Morgan fingerprint density at radius 2 is 0.700 bits per heavy atom. The third-order valence-electron chi connectivity index (χ3n) is 7.16. The van der Waals surface area contributed by atoms with Crippen LogP contribution in [0.25, 0.3) is 0 Å². The number of aliphatic hydroxyl groups excluding tert-OH is 1. The summed E-state index contributed by atoms with van der Waals surface area (Å²) in [5.41, 5.74) is 5.49. The molecule has 0 aliphatic carbocycles. The predicted octanol–water partition coefficient (Wildman–Crippen LogP) is -5.13. The van der Waals surface area contributed by atoms with E-state index in [0.29, 0.717) is 6.29 Å². The van der Waals surface area contributed by atoms with Crippen molar-refractivity contribution >= 4 is 53.5 Å². The second-order valence-electron chi connectivity index (χ2n) is 12.2. The summed E-state index contributed by atoms with van der Waals surface area (Å²) in [6.45, 7) is 14.0. The number of amides is 8. The molecule has 50 heavy (non-hydrogen) atoms. The highest BCUT2D eigenvalue weighted by Crippen LogP contribution is 1.97. The fourth-order valence-electron chi connectivity index (χ4n) is 3.72. The van der Waals surface area contributed by atoms with Crippen LogP contribution in [0.5, 0.6) is 0 Å². The number of aliphatic hydroxyl groups is 1. The molecule has 0 saturated carbocycles. The summed E-state index contributed by atoms with van der Waals surface area (Å²) < 4.78 is 0. The van der Waals surface area contributed by atoms with Gasteiger partial charge in [-0.15, -0.1) is 0 Å². The van der Waals surface area contributed by atoms with E-state index in [1.807, 2.05) is 0 Å². The van der Waals surface area contributed by atoms with E-state index in [2.05, 4.69) is 47.9 Å². The number of aldehydes is 1. The van der Waals surface area contributed by atoms with Crippen LogP contribution in [0.1, 0.15) is 69.2 Å². The van der Waals surface area contributed by atoms with Crippen molar-refractivity contribution in [3.05, 3.63) is 0 Å². The van der Waals surface area contributed by atoms with Crippen molar-refractivity contribution in [2.75, 3.05) is 0 Å². The van der Waals surface area contributed by atoms with Crippen LogP contribution in [0.2, 0.25) is 0 Å². The zero-order valence-corrected chi connectivity index (χ0v) is 30.1. The van der Waals surface area contributed by atoms with Crippen LogP contribution in [0.4, 0.5) is 0 Å². The summed E-state index contributed by atoms with van der Waals surface area (Å²) in [6, 6.07) is -9.94. The summed E-state index contributed by atoms with van der Waals surface area (Å²) in [4.78, 5) is 110. The minimum atomic E-state index is -1.31. The van der Waals surface area contributed by atoms with E-state index in [1.54, 1.807) is 0 Å². The van der Waals surface area contributed by atoms with Crippen LogP contribution >= 0.6 is 0 Å². The lowest BCUT2D eigenvalue weighted by atomic mass is 10.2. The van der Waals surface area contributed by atoms with Gasteiger partial charge in [0.15, 0.2) is 0 Å². The van der Waals surface area contributed by atoms with Gasteiger partial charge in [0.25, 0.3) is 0 Å². The average Bonchev–Trinajstić information content (AvgIpc) is 3.03. The molecule has 12 N–H and O–H groups in total. The van der Waals surface area contributed by atoms with Crippen LogP contribution < -0.4 is 53.6 Å². The zero-order chi connectivity index (χ0) is 39.0. The van der Waals surface area contributed by atoms with Gasteiger partial charge in [0.2, 0.25) is 47.3 Å². The normalized spacial score (nSPS) is 17.5. The molecule has 1 unspecified atom stereocenters. The summed E-state index contributed by atoms with van der Waals surface area (Å²) in [6.07, 6.45) is -0.789. The molecule has 0 heterocycles. The highest BCUT2D eigenvalue weighted by Gasteiger charge is 2.29. The number of carbonyl (C=O) groups is 9. The molecule has 0 aliphatic rings. The molecule has 0 aromatic carbocycles. The standard InChI is InChI=1S/C30H54N10O10/c1-12(11-41)32-23(43)14(3)34-25(45)16(5)36-27(47)18(7)38-29(49)20(9)40-30(50)21(10)39-28(48)19(8)37-26(46)17(6)35-24(44)15(4)33-22(42)13(2)31/h11-21,24,35,44H,31H2,1-10H3,(H,32,43)(H,33,42)(H,34,45)(H,36,47)(H,37,46)(H,38,49)(H,39,48)(H,40,50)/t12-,13-,14-,15-,16-,17-,18-,19-,20-,21-,24?/m0/s1. The topological polar surface area (TPSA) is 308 Å². The van der Waals surface area contributed by atoms with Gasteiger partial charge in [0.05, 0.1) is 24.2 Å². The Balaban J connectivity index is 4.83. The molecule has 11 atom stereocenters. The lowest BCUT2D eigenvalue weighted by molar-refractivity contribution is -0.134. The minimum absolute atomic E-state index is 0.497. The third kappa shape index (κ3) is 16.1. The first-order valence-corrected chi connectivity index (χ1v) is 16.1. The first kappa shape index (κ1) is 45.3. The quantitative estimate of drug-likeness (QED) is 0.0417. The minimum Gasteiger partial charge on any atom is -0.376 e. The lowest BCUT2D eigenvalue weighted by Crippen LogP contribution is -2.59.